The van der Waals surface area contributed by atoms with E-state index in [0.29, 0.717) is 30.3 Å². The Hall–Kier alpha value is -1.85. The van der Waals surface area contributed by atoms with Crippen molar-refractivity contribution in [2.45, 2.75) is 52.7 Å². The van der Waals surface area contributed by atoms with E-state index in [9.17, 15) is 9.59 Å². The Balaban J connectivity index is 2.15. The molecule has 0 radical (unpaired) electrons. The summed E-state index contributed by atoms with van der Waals surface area (Å²) in [6.07, 6.45) is 1.07. The molecule has 1 aliphatic heterocycles. The molecule has 2 rings (SSSR count). The summed E-state index contributed by atoms with van der Waals surface area (Å²) in [5.74, 6) is 0.0323. The Kier molecular flexibility index (Phi) is 7.45. The fourth-order valence-electron chi connectivity index (χ4n) is 3.32. The quantitative estimate of drug-likeness (QED) is 0.687. The molecule has 6 heteroatoms. The zero-order valence-corrected chi connectivity index (χ0v) is 17.5. The number of methoxy groups -OCH3 is 1. The number of nitrogens with zero attached hydrogens (tertiary/aromatic N) is 1. The molecule has 0 spiro atoms. The number of rotatable bonds is 8. The number of carbonyl (C=O) groups is 2. The van der Waals surface area contributed by atoms with Gasteiger partial charge in [-0.3, -0.25) is 14.9 Å². The van der Waals surface area contributed by atoms with Gasteiger partial charge in [0.25, 0.3) is 5.91 Å². The monoisotopic (exact) mass is 392 g/mol. The van der Waals surface area contributed by atoms with Gasteiger partial charge in [-0.25, -0.2) is 0 Å². The fraction of sp³-hybridized carbons (Fsp3) is 0.524. The highest BCUT2D eigenvalue weighted by Crippen LogP contribution is 2.25. The molecule has 1 heterocycles. The van der Waals surface area contributed by atoms with Crippen molar-refractivity contribution >= 4 is 23.5 Å². The second kappa shape index (κ2) is 9.38. The zero-order valence-electron chi connectivity index (χ0n) is 16.7. The van der Waals surface area contributed by atoms with Crippen LogP contribution in [0.5, 0.6) is 0 Å². The standard InChI is InChI=1S/C21H29ClN2O3/c1-13(2)12-18(21(26)27-5)23-19-14(3)15(4)20(25)24(19)11-10-16-6-8-17(22)9-7-16/h6-9,13,18-19,23H,10-12H2,1-5H3/t18-,19+/m1/s1. The van der Waals surface area contributed by atoms with Crippen LogP contribution in [0.15, 0.2) is 35.4 Å². The van der Waals surface area contributed by atoms with E-state index in [0.717, 1.165) is 16.7 Å². The largest absolute Gasteiger partial charge is 0.468 e. The third-order valence-corrected chi connectivity index (χ3v) is 5.25. The molecule has 0 aromatic heterocycles. The van der Waals surface area contributed by atoms with E-state index in [1.54, 1.807) is 4.90 Å². The van der Waals surface area contributed by atoms with Crippen molar-refractivity contribution in [3.05, 3.63) is 46.0 Å². The van der Waals surface area contributed by atoms with Gasteiger partial charge in [-0.2, -0.15) is 0 Å². The van der Waals surface area contributed by atoms with Gasteiger partial charge < -0.3 is 9.64 Å². The minimum absolute atomic E-state index is 0.00660. The van der Waals surface area contributed by atoms with E-state index in [1.165, 1.54) is 7.11 Å². The number of hydrogen-bond donors (Lipinski definition) is 1. The molecular formula is C21H29ClN2O3. The Bertz CT molecular complexity index is 713. The van der Waals surface area contributed by atoms with E-state index in [2.05, 4.69) is 19.2 Å². The van der Waals surface area contributed by atoms with Crippen molar-refractivity contribution in [3.8, 4) is 0 Å². The van der Waals surface area contributed by atoms with Crippen LogP contribution in [0.1, 0.15) is 39.7 Å². The number of amides is 1. The van der Waals surface area contributed by atoms with Crippen LogP contribution in [-0.2, 0) is 20.7 Å². The van der Waals surface area contributed by atoms with Crippen LogP contribution in [0.25, 0.3) is 0 Å². The third-order valence-electron chi connectivity index (χ3n) is 5.00. The molecule has 1 N–H and O–H groups in total. The Labute approximate surface area is 166 Å². The van der Waals surface area contributed by atoms with Crippen molar-refractivity contribution in [3.63, 3.8) is 0 Å². The van der Waals surface area contributed by atoms with Crippen LogP contribution in [-0.4, -0.2) is 42.6 Å². The summed E-state index contributed by atoms with van der Waals surface area (Å²) < 4.78 is 4.95. The van der Waals surface area contributed by atoms with E-state index in [4.69, 9.17) is 16.3 Å². The van der Waals surface area contributed by atoms with Gasteiger partial charge in [-0.1, -0.05) is 37.6 Å². The number of carbonyl (C=O) groups excluding carboxylic acids is 2. The van der Waals surface area contributed by atoms with Crippen molar-refractivity contribution in [2.75, 3.05) is 13.7 Å². The van der Waals surface area contributed by atoms with Crippen LogP contribution in [0.2, 0.25) is 5.02 Å². The highest BCUT2D eigenvalue weighted by Gasteiger charge is 2.37. The molecule has 1 aromatic carbocycles. The highest BCUT2D eigenvalue weighted by molar-refractivity contribution is 6.30. The van der Waals surface area contributed by atoms with E-state index in [1.807, 2.05) is 38.1 Å². The summed E-state index contributed by atoms with van der Waals surface area (Å²) >= 11 is 5.94. The average Bonchev–Trinajstić information content (AvgIpc) is 2.83. The first-order chi connectivity index (χ1) is 12.7. The maximum absolute atomic E-state index is 12.7. The molecule has 148 valence electrons. The predicted octanol–water partition coefficient (Wildman–Crippen LogP) is 3.56. The smallest absolute Gasteiger partial charge is 0.322 e. The molecule has 1 aliphatic rings. The molecule has 0 fully saturated rings. The Morgan fingerprint density at radius 2 is 1.89 bits per heavy atom. The van der Waals surface area contributed by atoms with Gasteiger partial charge in [0.2, 0.25) is 0 Å². The molecule has 5 nitrogen and oxygen atoms in total. The zero-order chi connectivity index (χ0) is 20.1. The Morgan fingerprint density at radius 3 is 2.44 bits per heavy atom. The first-order valence-corrected chi connectivity index (χ1v) is 9.69. The number of benzene rings is 1. The molecule has 1 aromatic rings. The molecule has 0 bridgehead atoms. The summed E-state index contributed by atoms with van der Waals surface area (Å²) in [6.45, 7) is 8.46. The maximum atomic E-state index is 12.7. The minimum Gasteiger partial charge on any atom is -0.468 e. The maximum Gasteiger partial charge on any atom is 0.322 e. The minimum atomic E-state index is -0.452. The lowest BCUT2D eigenvalue weighted by atomic mass is 10.0. The molecule has 0 saturated carbocycles. The summed E-state index contributed by atoms with van der Waals surface area (Å²) in [5.41, 5.74) is 2.80. The second-order valence-electron chi connectivity index (χ2n) is 7.46. The van der Waals surface area contributed by atoms with Crippen LogP contribution in [0.3, 0.4) is 0 Å². The van der Waals surface area contributed by atoms with Crippen LogP contribution >= 0.6 is 11.6 Å². The summed E-state index contributed by atoms with van der Waals surface area (Å²) in [7, 11) is 1.39. The Morgan fingerprint density at radius 1 is 1.26 bits per heavy atom. The number of hydrogen-bond acceptors (Lipinski definition) is 4. The molecule has 0 unspecified atom stereocenters. The number of halogens is 1. The van der Waals surface area contributed by atoms with Gasteiger partial charge in [-0.15, -0.1) is 0 Å². The van der Waals surface area contributed by atoms with E-state index < -0.39 is 6.04 Å². The predicted molar refractivity (Wildman–Crippen MR) is 107 cm³/mol. The fourth-order valence-corrected chi connectivity index (χ4v) is 3.45. The summed E-state index contributed by atoms with van der Waals surface area (Å²) in [6, 6.07) is 7.18. The van der Waals surface area contributed by atoms with Crippen molar-refractivity contribution < 1.29 is 14.3 Å². The van der Waals surface area contributed by atoms with Gasteiger partial charge in [0.05, 0.1) is 7.11 Å². The van der Waals surface area contributed by atoms with Crippen LogP contribution in [0.4, 0.5) is 0 Å². The highest BCUT2D eigenvalue weighted by atomic mass is 35.5. The van der Waals surface area contributed by atoms with Gasteiger partial charge in [0, 0.05) is 17.1 Å². The normalized spacial score (nSPS) is 18.4. The summed E-state index contributed by atoms with van der Waals surface area (Å²) in [5, 5.41) is 4.05. The lowest BCUT2D eigenvalue weighted by Gasteiger charge is -2.31. The SMILES string of the molecule is COC(=O)[C@@H](CC(C)C)N[C@@H]1C(C)=C(C)C(=O)N1CCc1ccc(Cl)cc1. The number of esters is 1. The number of nitrogens with one attached hydrogen (secondary N) is 1. The van der Waals surface area contributed by atoms with Gasteiger partial charge in [0.1, 0.15) is 12.2 Å². The van der Waals surface area contributed by atoms with Crippen molar-refractivity contribution in [1.29, 1.82) is 0 Å². The molecule has 0 aliphatic carbocycles. The van der Waals surface area contributed by atoms with Crippen molar-refractivity contribution in [1.82, 2.24) is 10.2 Å². The van der Waals surface area contributed by atoms with Crippen LogP contribution in [0, 0.1) is 5.92 Å². The third kappa shape index (κ3) is 5.33. The summed E-state index contributed by atoms with van der Waals surface area (Å²) in [4.78, 5) is 26.7. The molecule has 2 atom stereocenters. The molecular weight excluding hydrogens is 364 g/mol. The van der Waals surface area contributed by atoms with Gasteiger partial charge in [0.15, 0.2) is 0 Å². The van der Waals surface area contributed by atoms with Crippen molar-refractivity contribution in [2.24, 2.45) is 5.92 Å². The van der Waals surface area contributed by atoms with Gasteiger partial charge in [-0.05, 0) is 55.9 Å². The topological polar surface area (TPSA) is 58.6 Å². The van der Waals surface area contributed by atoms with E-state index in [-0.39, 0.29) is 18.0 Å². The van der Waals surface area contributed by atoms with Crippen LogP contribution < -0.4 is 5.32 Å². The average molecular weight is 393 g/mol. The molecule has 1 amide bonds. The lowest BCUT2D eigenvalue weighted by Crippen LogP contribution is -2.52. The molecule has 0 saturated heterocycles. The first kappa shape index (κ1) is 21.5. The second-order valence-corrected chi connectivity index (χ2v) is 7.89. The lowest BCUT2D eigenvalue weighted by molar-refractivity contribution is -0.144. The number of ether oxygens (including phenoxy) is 1. The van der Waals surface area contributed by atoms with E-state index >= 15 is 0 Å². The molecule has 27 heavy (non-hydrogen) atoms. The first-order valence-electron chi connectivity index (χ1n) is 9.31. The van der Waals surface area contributed by atoms with Gasteiger partial charge >= 0.3 is 5.97 Å².